The van der Waals surface area contributed by atoms with E-state index in [4.69, 9.17) is 4.74 Å². The zero-order chi connectivity index (χ0) is 13.9. The first-order chi connectivity index (χ1) is 9.75. The number of hydrogen-bond donors (Lipinski definition) is 2. The molecule has 1 aromatic carbocycles. The normalized spacial score (nSPS) is 23.1. The van der Waals surface area contributed by atoms with E-state index >= 15 is 0 Å². The molecule has 4 nitrogen and oxygen atoms in total. The van der Waals surface area contributed by atoms with Crippen molar-refractivity contribution in [3.05, 3.63) is 29.3 Å². The molecule has 4 heteroatoms. The molecule has 1 fully saturated rings. The third-order valence-electron chi connectivity index (χ3n) is 4.39. The van der Waals surface area contributed by atoms with Crippen molar-refractivity contribution >= 4 is 5.91 Å². The van der Waals surface area contributed by atoms with Gasteiger partial charge in [0.15, 0.2) is 0 Å². The second-order valence-electron chi connectivity index (χ2n) is 5.68. The summed E-state index contributed by atoms with van der Waals surface area (Å²) in [6, 6.07) is 5.64. The molecule has 1 aromatic rings. The zero-order valence-electron chi connectivity index (χ0n) is 11.6. The Morgan fingerprint density at radius 2 is 2.05 bits per heavy atom. The Labute approximate surface area is 119 Å². The number of carbonyl (C=O) groups excluding carboxylic acids is 1. The molecule has 0 aromatic heterocycles. The first-order valence-corrected chi connectivity index (χ1v) is 7.44. The van der Waals surface area contributed by atoms with Gasteiger partial charge in [0.2, 0.25) is 5.91 Å². The highest BCUT2D eigenvalue weighted by atomic mass is 16.5. The van der Waals surface area contributed by atoms with Crippen LogP contribution in [0, 0.1) is 5.92 Å². The van der Waals surface area contributed by atoms with Gasteiger partial charge in [-0.15, -0.1) is 0 Å². The SMILES string of the molecule is O=C(N[C@H]1CCCc2c(O)cccc21)C1CCOCC1. The van der Waals surface area contributed by atoms with E-state index in [1.54, 1.807) is 6.07 Å². The Hall–Kier alpha value is -1.55. The maximum Gasteiger partial charge on any atom is 0.223 e. The highest BCUT2D eigenvalue weighted by Crippen LogP contribution is 2.35. The first kappa shape index (κ1) is 13.4. The topological polar surface area (TPSA) is 58.6 Å². The molecule has 0 radical (unpaired) electrons. The van der Waals surface area contributed by atoms with Crippen molar-refractivity contribution in [1.82, 2.24) is 5.32 Å². The maximum absolute atomic E-state index is 12.3. The van der Waals surface area contributed by atoms with Gasteiger partial charge in [-0.2, -0.15) is 0 Å². The van der Waals surface area contributed by atoms with Gasteiger partial charge in [-0.1, -0.05) is 12.1 Å². The summed E-state index contributed by atoms with van der Waals surface area (Å²) in [5.41, 5.74) is 2.08. The second kappa shape index (κ2) is 5.83. The molecule has 0 spiro atoms. The van der Waals surface area contributed by atoms with E-state index in [0.29, 0.717) is 19.0 Å². The largest absolute Gasteiger partial charge is 0.508 e. The van der Waals surface area contributed by atoms with E-state index in [1.807, 2.05) is 12.1 Å². The minimum atomic E-state index is 0.0428. The van der Waals surface area contributed by atoms with Crippen molar-refractivity contribution < 1.29 is 14.6 Å². The van der Waals surface area contributed by atoms with E-state index < -0.39 is 0 Å². The van der Waals surface area contributed by atoms with Gasteiger partial charge in [-0.3, -0.25) is 4.79 Å². The van der Waals surface area contributed by atoms with Gasteiger partial charge in [0.05, 0.1) is 6.04 Å². The Balaban J connectivity index is 1.73. The number of phenolic OH excluding ortho intramolecular Hbond substituents is 1. The standard InChI is InChI=1S/C16H21NO3/c18-15-6-2-3-12-13(15)4-1-5-14(12)17-16(19)11-7-9-20-10-8-11/h2-3,6,11,14,18H,1,4-5,7-10H2,(H,17,19)/t14-/m0/s1. The average molecular weight is 275 g/mol. The van der Waals surface area contributed by atoms with E-state index in [-0.39, 0.29) is 17.9 Å². The Morgan fingerprint density at radius 1 is 1.25 bits per heavy atom. The molecule has 1 saturated heterocycles. The van der Waals surface area contributed by atoms with Crippen molar-refractivity contribution in [3.8, 4) is 5.75 Å². The third kappa shape index (κ3) is 2.66. The summed E-state index contributed by atoms with van der Waals surface area (Å²) in [6.07, 6.45) is 4.47. The van der Waals surface area contributed by atoms with E-state index in [2.05, 4.69) is 5.32 Å². The van der Waals surface area contributed by atoms with Crippen LogP contribution in [0.4, 0.5) is 0 Å². The third-order valence-corrected chi connectivity index (χ3v) is 4.39. The molecule has 3 rings (SSSR count). The molecule has 0 bridgehead atoms. The fraction of sp³-hybridized carbons (Fsp3) is 0.562. The minimum Gasteiger partial charge on any atom is -0.508 e. The van der Waals surface area contributed by atoms with Crippen LogP contribution in [-0.2, 0) is 16.0 Å². The quantitative estimate of drug-likeness (QED) is 0.870. The lowest BCUT2D eigenvalue weighted by Crippen LogP contribution is -2.37. The minimum absolute atomic E-state index is 0.0428. The van der Waals surface area contributed by atoms with Gasteiger partial charge in [0.25, 0.3) is 0 Å². The number of benzene rings is 1. The molecule has 1 heterocycles. The van der Waals surface area contributed by atoms with Gasteiger partial charge in [0.1, 0.15) is 5.75 Å². The molecule has 2 aliphatic rings. The number of ether oxygens (including phenoxy) is 1. The van der Waals surface area contributed by atoms with Crippen LogP contribution in [0.1, 0.15) is 42.9 Å². The van der Waals surface area contributed by atoms with Crippen molar-refractivity contribution in [3.63, 3.8) is 0 Å². The maximum atomic E-state index is 12.3. The van der Waals surface area contributed by atoms with Gasteiger partial charge >= 0.3 is 0 Å². The Bertz CT molecular complexity index is 494. The fourth-order valence-electron chi connectivity index (χ4n) is 3.23. The van der Waals surface area contributed by atoms with Crippen LogP contribution >= 0.6 is 0 Å². The summed E-state index contributed by atoms with van der Waals surface area (Å²) in [5.74, 6) is 0.563. The van der Waals surface area contributed by atoms with Crippen molar-refractivity contribution in [2.24, 2.45) is 5.92 Å². The summed E-state index contributed by atoms with van der Waals surface area (Å²) in [4.78, 5) is 12.3. The number of amides is 1. The monoisotopic (exact) mass is 275 g/mol. The van der Waals surface area contributed by atoms with Crippen LogP contribution in [0.15, 0.2) is 18.2 Å². The smallest absolute Gasteiger partial charge is 0.223 e. The fourth-order valence-corrected chi connectivity index (χ4v) is 3.23. The number of rotatable bonds is 2. The van der Waals surface area contributed by atoms with Crippen molar-refractivity contribution in [2.45, 2.75) is 38.1 Å². The molecule has 0 saturated carbocycles. The Morgan fingerprint density at radius 3 is 2.85 bits per heavy atom. The summed E-state index contributed by atoms with van der Waals surface area (Å²) in [6.45, 7) is 1.36. The lowest BCUT2D eigenvalue weighted by Gasteiger charge is -2.29. The molecule has 2 N–H and O–H groups in total. The lowest BCUT2D eigenvalue weighted by molar-refractivity contribution is -0.128. The lowest BCUT2D eigenvalue weighted by atomic mass is 9.86. The second-order valence-corrected chi connectivity index (χ2v) is 5.68. The number of nitrogens with one attached hydrogen (secondary N) is 1. The Kier molecular flexibility index (Phi) is 3.92. The highest BCUT2D eigenvalue weighted by molar-refractivity contribution is 5.79. The molecule has 1 amide bonds. The van der Waals surface area contributed by atoms with Crippen LogP contribution in [0.3, 0.4) is 0 Å². The first-order valence-electron chi connectivity index (χ1n) is 7.44. The summed E-state index contributed by atoms with van der Waals surface area (Å²) in [7, 11) is 0. The molecule has 108 valence electrons. The van der Waals surface area contributed by atoms with Crippen LogP contribution in [-0.4, -0.2) is 24.2 Å². The van der Waals surface area contributed by atoms with Crippen LogP contribution in [0.5, 0.6) is 5.75 Å². The number of carbonyl (C=O) groups is 1. The van der Waals surface area contributed by atoms with Gasteiger partial charge in [-0.05, 0) is 49.3 Å². The van der Waals surface area contributed by atoms with Crippen LogP contribution in [0.25, 0.3) is 0 Å². The zero-order valence-corrected chi connectivity index (χ0v) is 11.6. The number of phenols is 1. The van der Waals surface area contributed by atoms with Crippen LogP contribution in [0.2, 0.25) is 0 Å². The molecule has 20 heavy (non-hydrogen) atoms. The molecule has 1 aliphatic heterocycles. The number of hydrogen-bond acceptors (Lipinski definition) is 3. The average Bonchev–Trinajstić information content (AvgIpc) is 2.49. The highest BCUT2D eigenvalue weighted by Gasteiger charge is 2.27. The molecular formula is C16H21NO3. The van der Waals surface area contributed by atoms with Crippen molar-refractivity contribution in [1.29, 1.82) is 0 Å². The summed E-state index contributed by atoms with van der Waals surface area (Å²) in [5, 5.41) is 13.1. The summed E-state index contributed by atoms with van der Waals surface area (Å²) >= 11 is 0. The van der Waals surface area contributed by atoms with E-state index in [1.165, 1.54) is 0 Å². The van der Waals surface area contributed by atoms with Gasteiger partial charge in [0, 0.05) is 19.1 Å². The van der Waals surface area contributed by atoms with E-state index in [0.717, 1.165) is 43.2 Å². The predicted octanol–water partition coefficient (Wildman–Crippen LogP) is 2.31. The molecular weight excluding hydrogens is 254 g/mol. The predicted molar refractivity (Wildman–Crippen MR) is 75.5 cm³/mol. The van der Waals surface area contributed by atoms with Crippen LogP contribution < -0.4 is 5.32 Å². The van der Waals surface area contributed by atoms with E-state index in [9.17, 15) is 9.90 Å². The molecule has 0 unspecified atom stereocenters. The number of fused-ring (bicyclic) bond motifs is 1. The van der Waals surface area contributed by atoms with Gasteiger partial charge in [-0.25, -0.2) is 0 Å². The summed E-state index contributed by atoms with van der Waals surface area (Å²) < 4.78 is 5.30. The molecule has 1 atom stereocenters. The van der Waals surface area contributed by atoms with Gasteiger partial charge < -0.3 is 15.2 Å². The number of aromatic hydroxyl groups is 1. The van der Waals surface area contributed by atoms with Crippen molar-refractivity contribution in [2.75, 3.05) is 13.2 Å². The molecule has 1 aliphatic carbocycles.